The normalized spacial score (nSPS) is 18.2. The van der Waals surface area contributed by atoms with Crippen LogP contribution in [-0.4, -0.2) is 21.7 Å². The van der Waals surface area contributed by atoms with Gasteiger partial charge in [0.25, 0.3) is 11.7 Å². The number of likely N-dealkylation sites (tertiary alicyclic amines) is 1. The Hall–Kier alpha value is -3.18. The number of nitrogens with zero attached hydrogens (tertiary/aromatic N) is 1. The Bertz CT molecular complexity index is 1250. The maximum absolute atomic E-state index is 13.3. The quantitative estimate of drug-likeness (QED) is 0.284. The smallest absolute Gasteiger partial charge is 0.295 e. The molecule has 4 nitrogen and oxygen atoms in total. The van der Waals surface area contributed by atoms with Crippen LogP contribution >= 0.6 is 11.3 Å². The van der Waals surface area contributed by atoms with Gasteiger partial charge in [0.15, 0.2) is 0 Å². The fraction of sp³-hybridized carbons (Fsp3) is 0.286. The molecule has 4 rings (SSSR count). The molecule has 1 amide bonds. The number of rotatable bonds is 4. The molecule has 1 aliphatic rings. The highest BCUT2D eigenvalue weighted by molar-refractivity contribution is 7.09. The minimum Gasteiger partial charge on any atom is -0.507 e. The van der Waals surface area contributed by atoms with Crippen LogP contribution in [0.15, 0.2) is 65.6 Å². The molecule has 2 aromatic carbocycles. The van der Waals surface area contributed by atoms with Crippen molar-refractivity contribution in [2.24, 2.45) is 0 Å². The molecule has 1 aromatic heterocycles. The lowest BCUT2D eigenvalue weighted by Crippen LogP contribution is -2.28. The molecule has 3 aromatic rings. The number of aryl methyl sites for hydroxylation is 2. The van der Waals surface area contributed by atoms with Gasteiger partial charge in [0.05, 0.1) is 18.2 Å². The third-order valence-electron chi connectivity index (χ3n) is 6.16. The molecule has 33 heavy (non-hydrogen) atoms. The molecule has 170 valence electrons. The summed E-state index contributed by atoms with van der Waals surface area (Å²) in [4.78, 5) is 29.1. The lowest BCUT2D eigenvalue weighted by atomic mass is 9.84. The number of carbonyl (C=O) groups is 2. The highest BCUT2D eigenvalue weighted by Crippen LogP contribution is 2.41. The molecule has 0 aliphatic carbocycles. The third kappa shape index (κ3) is 4.38. The van der Waals surface area contributed by atoms with E-state index in [0.717, 1.165) is 27.1 Å². The van der Waals surface area contributed by atoms with Gasteiger partial charge in [-0.05, 0) is 53.5 Å². The van der Waals surface area contributed by atoms with Gasteiger partial charge in [0.1, 0.15) is 5.76 Å². The van der Waals surface area contributed by atoms with Crippen LogP contribution in [0.2, 0.25) is 0 Å². The predicted octanol–water partition coefficient (Wildman–Crippen LogP) is 6.28. The van der Waals surface area contributed by atoms with E-state index in [0.29, 0.717) is 12.1 Å². The molecule has 0 bridgehead atoms. The number of amides is 1. The molecule has 1 saturated heterocycles. The molecule has 1 fully saturated rings. The second kappa shape index (κ2) is 8.64. The Morgan fingerprint density at radius 1 is 1.03 bits per heavy atom. The van der Waals surface area contributed by atoms with Gasteiger partial charge >= 0.3 is 0 Å². The van der Waals surface area contributed by atoms with Crippen molar-refractivity contribution in [3.8, 4) is 0 Å². The fourth-order valence-corrected chi connectivity index (χ4v) is 4.99. The summed E-state index contributed by atoms with van der Waals surface area (Å²) in [5.41, 5.74) is 4.37. The summed E-state index contributed by atoms with van der Waals surface area (Å²) in [6.07, 6.45) is 0. The van der Waals surface area contributed by atoms with Crippen LogP contribution in [0.5, 0.6) is 0 Å². The standard InChI is InChI=1S/C28H29NO3S/c1-17-8-6-9-19(14-17)24-23(26(31)27(32)29(24)16-21-10-7-13-33-21)25(30)22-15-20(28(3,4)5)12-11-18(22)2/h6-15,24,30H,16H2,1-5H3/b25-23+. The topological polar surface area (TPSA) is 57.6 Å². The van der Waals surface area contributed by atoms with Crippen molar-refractivity contribution < 1.29 is 14.7 Å². The highest BCUT2D eigenvalue weighted by atomic mass is 32.1. The first-order chi connectivity index (χ1) is 15.6. The number of aliphatic hydroxyl groups excluding tert-OH is 1. The van der Waals surface area contributed by atoms with Gasteiger partial charge in [0.2, 0.25) is 0 Å². The molecular weight excluding hydrogens is 430 g/mol. The van der Waals surface area contributed by atoms with E-state index in [4.69, 9.17) is 0 Å². The Balaban J connectivity index is 1.92. The van der Waals surface area contributed by atoms with Crippen LogP contribution in [0.3, 0.4) is 0 Å². The van der Waals surface area contributed by atoms with Crippen molar-refractivity contribution >= 4 is 28.8 Å². The second-order valence-electron chi connectivity index (χ2n) is 9.70. The van der Waals surface area contributed by atoms with E-state index in [-0.39, 0.29) is 16.7 Å². The minimum absolute atomic E-state index is 0.114. The molecule has 0 saturated carbocycles. The molecule has 1 atom stereocenters. The van der Waals surface area contributed by atoms with Gasteiger partial charge in [-0.3, -0.25) is 9.59 Å². The van der Waals surface area contributed by atoms with Crippen molar-refractivity contribution in [1.29, 1.82) is 0 Å². The molecular formula is C28H29NO3S. The van der Waals surface area contributed by atoms with Gasteiger partial charge in [-0.1, -0.05) is 68.8 Å². The second-order valence-corrected chi connectivity index (χ2v) is 10.7. The van der Waals surface area contributed by atoms with Gasteiger partial charge in [-0.25, -0.2) is 0 Å². The van der Waals surface area contributed by atoms with Crippen molar-refractivity contribution in [2.45, 2.75) is 52.6 Å². The van der Waals surface area contributed by atoms with E-state index in [1.54, 1.807) is 16.2 Å². The maximum atomic E-state index is 13.3. The molecule has 2 heterocycles. The van der Waals surface area contributed by atoms with E-state index in [9.17, 15) is 14.7 Å². The van der Waals surface area contributed by atoms with Gasteiger partial charge < -0.3 is 10.0 Å². The number of aliphatic hydroxyl groups is 1. The summed E-state index contributed by atoms with van der Waals surface area (Å²) in [7, 11) is 0. The Morgan fingerprint density at radius 2 is 1.79 bits per heavy atom. The summed E-state index contributed by atoms with van der Waals surface area (Å²) in [5, 5.41) is 13.5. The molecule has 1 unspecified atom stereocenters. The zero-order valence-electron chi connectivity index (χ0n) is 19.7. The van der Waals surface area contributed by atoms with E-state index < -0.39 is 17.7 Å². The molecule has 0 spiro atoms. The average molecular weight is 460 g/mol. The Kier molecular flexibility index (Phi) is 6.02. The van der Waals surface area contributed by atoms with E-state index in [2.05, 4.69) is 20.8 Å². The van der Waals surface area contributed by atoms with E-state index in [1.807, 2.05) is 73.8 Å². The first kappa shape index (κ1) is 23.0. The largest absolute Gasteiger partial charge is 0.507 e. The third-order valence-corrected chi connectivity index (χ3v) is 7.02. The molecule has 1 aliphatic heterocycles. The van der Waals surface area contributed by atoms with Gasteiger partial charge in [-0.15, -0.1) is 11.3 Å². The van der Waals surface area contributed by atoms with Gasteiger partial charge in [-0.2, -0.15) is 0 Å². The van der Waals surface area contributed by atoms with E-state index in [1.165, 1.54) is 0 Å². The number of hydrogen-bond acceptors (Lipinski definition) is 4. The Labute approximate surface area is 199 Å². The van der Waals surface area contributed by atoms with Crippen molar-refractivity contribution in [2.75, 3.05) is 0 Å². The number of carbonyl (C=O) groups excluding carboxylic acids is 2. The van der Waals surface area contributed by atoms with Crippen LogP contribution in [0.4, 0.5) is 0 Å². The van der Waals surface area contributed by atoms with E-state index >= 15 is 0 Å². The minimum atomic E-state index is -0.648. The van der Waals surface area contributed by atoms with Crippen molar-refractivity contribution in [3.63, 3.8) is 0 Å². The first-order valence-corrected chi connectivity index (χ1v) is 11.9. The van der Waals surface area contributed by atoms with Crippen LogP contribution in [0.1, 0.15) is 59.5 Å². The number of ketones is 1. The van der Waals surface area contributed by atoms with Crippen molar-refractivity contribution in [1.82, 2.24) is 4.90 Å². The summed E-state index contributed by atoms with van der Waals surface area (Å²) < 4.78 is 0. The first-order valence-electron chi connectivity index (χ1n) is 11.1. The van der Waals surface area contributed by atoms with Crippen LogP contribution in [0.25, 0.3) is 5.76 Å². The number of hydrogen-bond donors (Lipinski definition) is 1. The number of benzene rings is 2. The van der Waals surface area contributed by atoms with Gasteiger partial charge in [0, 0.05) is 10.4 Å². The summed E-state index contributed by atoms with van der Waals surface area (Å²) in [6, 6.07) is 17.0. The Morgan fingerprint density at radius 3 is 2.42 bits per heavy atom. The number of thiophene rings is 1. The van der Waals surface area contributed by atoms with Crippen molar-refractivity contribution in [3.05, 3.63) is 98.2 Å². The van der Waals surface area contributed by atoms with Crippen LogP contribution in [0, 0.1) is 13.8 Å². The van der Waals surface area contributed by atoms with Crippen LogP contribution < -0.4 is 0 Å². The highest BCUT2D eigenvalue weighted by Gasteiger charge is 2.46. The lowest BCUT2D eigenvalue weighted by molar-refractivity contribution is -0.140. The lowest BCUT2D eigenvalue weighted by Gasteiger charge is -2.26. The fourth-order valence-electron chi connectivity index (χ4n) is 4.29. The zero-order chi connectivity index (χ0) is 23.9. The molecule has 1 N–H and O–H groups in total. The summed E-state index contributed by atoms with van der Waals surface area (Å²) >= 11 is 1.54. The summed E-state index contributed by atoms with van der Waals surface area (Å²) in [5.74, 6) is -1.34. The average Bonchev–Trinajstić information content (AvgIpc) is 3.35. The molecule has 5 heteroatoms. The monoisotopic (exact) mass is 459 g/mol. The zero-order valence-corrected chi connectivity index (χ0v) is 20.5. The summed E-state index contributed by atoms with van der Waals surface area (Å²) in [6.45, 7) is 10.5. The SMILES string of the molecule is Cc1cccc(C2/C(=C(\O)c3cc(C(C)(C)C)ccc3C)C(=O)C(=O)N2Cc2cccs2)c1. The number of Topliss-reactive ketones (excluding diaryl/α,β-unsaturated/α-hetero) is 1. The van der Waals surface area contributed by atoms with Crippen LogP contribution in [-0.2, 0) is 21.5 Å². The predicted molar refractivity (Wildman–Crippen MR) is 133 cm³/mol. The maximum Gasteiger partial charge on any atom is 0.295 e. The molecule has 0 radical (unpaired) electrons.